The van der Waals surface area contributed by atoms with Crippen molar-refractivity contribution in [3.8, 4) is 0 Å². The maximum Gasteiger partial charge on any atom is 0.227 e. The number of carbonyl (C=O) groups is 1. The van der Waals surface area contributed by atoms with E-state index in [0.717, 1.165) is 22.0 Å². The van der Waals surface area contributed by atoms with Crippen molar-refractivity contribution in [2.75, 3.05) is 13.3 Å². The molecule has 1 aromatic heterocycles. The summed E-state index contributed by atoms with van der Waals surface area (Å²) in [4.78, 5) is 17.9. The Morgan fingerprint density at radius 1 is 1.12 bits per heavy atom. The zero-order valence-electron chi connectivity index (χ0n) is 15.1. The summed E-state index contributed by atoms with van der Waals surface area (Å²) in [6, 6.07) is 14.4. The molecule has 0 saturated heterocycles. The molecule has 1 atom stereocenters. The SMILES string of the molecule is C[C@@H](c1ccc(S(C)(=O)=O)cc1)N(C)C(=O)Cc1c[nH]c2ccccc12. The van der Waals surface area contributed by atoms with Gasteiger partial charge in [0.15, 0.2) is 9.84 Å². The van der Waals surface area contributed by atoms with Gasteiger partial charge in [-0.3, -0.25) is 4.79 Å². The van der Waals surface area contributed by atoms with Crippen LogP contribution in [0.4, 0.5) is 0 Å². The third-order valence-corrected chi connectivity index (χ3v) is 5.91. The number of H-pyrrole nitrogens is 1. The molecule has 1 N–H and O–H groups in total. The number of fused-ring (bicyclic) bond motifs is 1. The van der Waals surface area contributed by atoms with Gasteiger partial charge in [-0.1, -0.05) is 30.3 Å². The predicted octanol–water partition coefficient (Wildman–Crippen LogP) is 3.33. The van der Waals surface area contributed by atoms with Gasteiger partial charge in [-0.05, 0) is 36.2 Å². The van der Waals surface area contributed by atoms with Crippen molar-refractivity contribution in [1.29, 1.82) is 0 Å². The molecule has 0 spiro atoms. The van der Waals surface area contributed by atoms with Gasteiger partial charge in [-0.15, -0.1) is 0 Å². The summed E-state index contributed by atoms with van der Waals surface area (Å²) in [6.07, 6.45) is 3.37. The number of aromatic amines is 1. The van der Waals surface area contributed by atoms with E-state index >= 15 is 0 Å². The van der Waals surface area contributed by atoms with E-state index in [4.69, 9.17) is 0 Å². The van der Waals surface area contributed by atoms with Crippen LogP contribution in [-0.2, 0) is 21.1 Å². The Morgan fingerprint density at radius 2 is 1.77 bits per heavy atom. The molecule has 0 fully saturated rings. The molecule has 1 heterocycles. The maximum absolute atomic E-state index is 12.7. The van der Waals surface area contributed by atoms with Crippen molar-refractivity contribution in [1.82, 2.24) is 9.88 Å². The first-order valence-electron chi connectivity index (χ1n) is 8.38. The van der Waals surface area contributed by atoms with Gasteiger partial charge in [-0.2, -0.15) is 0 Å². The second-order valence-electron chi connectivity index (χ2n) is 6.56. The number of nitrogens with zero attached hydrogens (tertiary/aromatic N) is 1. The van der Waals surface area contributed by atoms with Crippen LogP contribution >= 0.6 is 0 Å². The summed E-state index contributed by atoms with van der Waals surface area (Å²) in [5.41, 5.74) is 2.88. The van der Waals surface area contributed by atoms with Crippen LogP contribution in [0.15, 0.2) is 59.6 Å². The molecule has 3 rings (SSSR count). The lowest BCUT2D eigenvalue weighted by Crippen LogP contribution is -2.30. The predicted molar refractivity (Wildman–Crippen MR) is 103 cm³/mol. The van der Waals surface area contributed by atoms with Gasteiger partial charge < -0.3 is 9.88 Å². The highest BCUT2D eigenvalue weighted by Crippen LogP contribution is 2.23. The van der Waals surface area contributed by atoms with Crippen LogP contribution in [0.25, 0.3) is 10.9 Å². The second-order valence-corrected chi connectivity index (χ2v) is 8.57. The van der Waals surface area contributed by atoms with Gasteiger partial charge in [0.05, 0.1) is 17.4 Å². The Labute approximate surface area is 153 Å². The molecule has 2 aromatic carbocycles. The monoisotopic (exact) mass is 370 g/mol. The molecule has 0 radical (unpaired) electrons. The largest absolute Gasteiger partial charge is 0.361 e. The van der Waals surface area contributed by atoms with Gasteiger partial charge in [-0.25, -0.2) is 8.42 Å². The lowest BCUT2D eigenvalue weighted by Gasteiger charge is -2.25. The summed E-state index contributed by atoms with van der Waals surface area (Å²) in [6.45, 7) is 1.93. The molecule has 136 valence electrons. The molecular formula is C20H22N2O3S. The number of likely N-dealkylation sites (N-methyl/N-ethyl adjacent to an activating group) is 1. The molecule has 0 aliphatic rings. The molecule has 6 heteroatoms. The Kier molecular flexibility index (Phi) is 4.87. The first kappa shape index (κ1) is 18.2. The van der Waals surface area contributed by atoms with Gasteiger partial charge in [0, 0.05) is 30.4 Å². The summed E-state index contributed by atoms with van der Waals surface area (Å²) in [5.74, 6) is 0.00874. The minimum atomic E-state index is -3.22. The van der Waals surface area contributed by atoms with Crippen LogP contribution in [0.2, 0.25) is 0 Å². The van der Waals surface area contributed by atoms with Crippen LogP contribution in [0.5, 0.6) is 0 Å². The van der Waals surface area contributed by atoms with Crippen molar-refractivity contribution in [2.24, 2.45) is 0 Å². The molecule has 1 amide bonds. The van der Waals surface area contributed by atoms with E-state index < -0.39 is 9.84 Å². The molecule has 5 nitrogen and oxygen atoms in total. The third kappa shape index (κ3) is 3.65. The molecular weight excluding hydrogens is 348 g/mol. The number of hydrogen-bond acceptors (Lipinski definition) is 3. The Balaban J connectivity index is 1.75. The van der Waals surface area contributed by atoms with Crippen LogP contribution in [0.3, 0.4) is 0 Å². The summed E-state index contributed by atoms with van der Waals surface area (Å²) < 4.78 is 23.1. The van der Waals surface area contributed by atoms with Crippen molar-refractivity contribution < 1.29 is 13.2 Å². The van der Waals surface area contributed by atoms with Crippen LogP contribution in [-0.4, -0.2) is 37.5 Å². The summed E-state index contributed by atoms with van der Waals surface area (Å²) >= 11 is 0. The molecule has 0 aliphatic heterocycles. The zero-order valence-corrected chi connectivity index (χ0v) is 15.9. The van der Waals surface area contributed by atoms with Gasteiger partial charge >= 0.3 is 0 Å². The van der Waals surface area contributed by atoms with Gasteiger partial charge in [0.25, 0.3) is 0 Å². The number of benzene rings is 2. The molecule has 0 saturated carbocycles. The number of aromatic nitrogens is 1. The number of nitrogens with one attached hydrogen (secondary N) is 1. The third-order valence-electron chi connectivity index (χ3n) is 4.78. The minimum Gasteiger partial charge on any atom is -0.361 e. The number of carbonyl (C=O) groups excluding carboxylic acids is 1. The van der Waals surface area contributed by atoms with E-state index in [2.05, 4.69) is 4.98 Å². The smallest absolute Gasteiger partial charge is 0.227 e. The zero-order chi connectivity index (χ0) is 18.9. The first-order valence-corrected chi connectivity index (χ1v) is 10.3. The van der Waals surface area contributed by atoms with E-state index in [1.165, 1.54) is 6.26 Å². The molecule has 0 aliphatic carbocycles. The van der Waals surface area contributed by atoms with Crippen molar-refractivity contribution in [3.05, 3.63) is 65.9 Å². The lowest BCUT2D eigenvalue weighted by atomic mass is 10.1. The van der Waals surface area contributed by atoms with Crippen molar-refractivity contribution >= 4 is 26.6 Å². The fraction of sp³-hybridized carbons (Fsp3) is 0.250. The van der Waals surface area contributed by atoms with E-state index in [-0.39, 0.29) is 16.8 Å². The first-order chi connectivity index (χ1) is 12.3. The second kappa shape index (κ2) is 6.96. The van der Waals surface area contributed by atoms with E-state index in [1.54, 1.807) is 36.2 Å². The topological polar surface area (TPSA) is 70.2 Å². The van der Waals surface area contributed by atoms with E-state index in [9.17, 15) is 13.2 Å². The normalized spacial score (nSPS) is 12.9. The highest BCUT2D eigenvalue weighted by Gasteiger charge is 2.19. The summed E-state index contributed by atoms with van der Waals surface area (Å²) in [5, 5.41) is 1.06. The van der Waals surface area contributed by atoms with Crippen molar-refractivity contribution in [3.63, 3.8) is 0 Å². The van der Waals surface area contributed by atoms with E-state index in [0.29, 0.717) is 6.42 Å². The minimum absolute atomic E-state index is 0.00874. The molecule has 0 unspecified atom stereocenters. The molecule has 0 bridgehead atoms. The average Bonchev–Trinajstić information content (AvgIpc) is 3.03. The Hall–Kier alpha value is -2.60. The number of amides is 1. The van der Waals surface area contributed by atoms with Crippen LogP contribution in [0, 0.1) is 0 Å². The highest BCUT2D eigenvalue weighted by atomic mass is 32.2. The van der Waals surface area contributed by atoms with Crippen LogP contribution in [0.1, 0.15) is 24.1 Å². The quantitative estimate of drug-likeness (QED) is 0.749. The molecule has 26 heavy (non-hydrogen) atoms. The van der Waals surface area contributed by atoms with Gasteiger partial charge in [0.1, 0.15) is 0 Å². The lowest BCUT2D eigenvalue weighted by molar-refractivity contribution is -0.131. The van der Waals surface area contributed by atoms with Crippen LogP contribution < -0.4 is 0 Å². The Bertz CT molecular complexity index is 1040. The average molecular weight is 370 g/mol. The number of rotatable bonds is 5. The fourth-order valence-electron chi connectivity index (χ4n) is 3.00. The molecule has 3 aromatic rings. The van der Waals surface area contributed by atoms with Gasteiger partial charge in [0.2, 0.25) is 5.91 Å². The number of para-hydroxylation sites is 1. The maximum atomic E-state index is 12.7. The standard InChI is InChI=1S/C20H22N2O3S/c1-14(15-8-10-17(11-9-15)26(3,24)25)22(2)20(23)12-16-13-21-19-7-5-4-6-18(16)19/h4-11,13-14,21H,12H2,1-3H3/t14-/m0/s1. The number of hydrogen-bond donors (Lipinski definition) is 1. The summed E-state index contributed by atoms with van der Waals surface area (Å²) in [7, 11) is -1.45. The highest BCUT2D eigenvalue weighted by molar-refractivity contribution is 7.90. The van der Waals surface area contributed by atoms with E-state index in [1.807, 2.05) is 37.4 Å². The Morgan fingerprint density at radius 3 is 2.42 bits per heavy atom. The van der Waals surface area contributed by atoms with Crippen molar-refractivity contribution in [2.45, 2.75) is 24.3 Å². The number of sulfone groups is 1. The fourth-order valence-corrected chi connectivity index (χ4v) is 3.63.